The highest BCUT2D eigenvalue weighted by Crippen LogP contribution is 2.05. The fraction of sp³-hybridized carbons (Fsp3) is 0.125. The van der Waals surface area contributed by atoms with Gasteiger partial charge < -0.3 is 4.42 Å². The quantitative estimate of drug-likeness (QED) is 0.512. The maximum atomic E-state index is 5.07. The van der Waals surface area contributed by atoms with Crippen molar-refractivity contribution in [3.05, 3.63) is 30.6 Å². The third kappa shape index (κ3) is 1.36. The van der Waals surface area contributed by atoms with E-state index in [0.717, 1.165) is 5.76 Å². The number of rotatable bonds is 1. The first kappa shape index (κ1) is 5.97. The van der Waals surface area contributed by atoms with Crippen molar-refractivity contribution in [2.45, 2.75) is 6.42 Å². The summed E-state index contributed by atoms with van der Waals surface area (Å²) in [7, 11) is 0. The molecule has 0 bridgehead atoms. The van der Waals surface area contributed by atoms with Crippen LogP contribution in [0.25, 0.3) is 0 Å². The van der Waals surface area contributed by atoms with E-state index in [1.54, 1.807) is 6.07 Å². The Morgan fingerprint density at radius 3 is 2.89 bits per heavy atom. The summed E-state index contributed by atoms with van der Waals surface area (Å²) in [5.41, 5.74) is 0. The lowest BCUT2D eigenvalue weighted by atomic mass is 10.3. The van der Waals surface area contributed by atoms with Gasteiger partial charge in [-0.15, -0.1) is 6.42 Å². The molecule has 0 saturated carbocycles. The Morgan fingerprint density at radius 1 is 1.67 bits per heavy atom. The minimum atomic E-state index is 0.551. The van der Waals surface area contributed by atoms with Crippen molar-refractivity contribution in [3.63, 3.8) is 0 Å². The highest BCUT2D eigenvalue weighted by Gasteiger charge is 1.93. The van der Waals surface area contributed by atoms with E-state index in [1.807, 2.05) is 6.07 Å². The van der Waals surface area contributed by atoms with Crippen molar-refractivity contribution in [1.82, 2.24) is 0 Å². The first-order valence-corrected chi connectivity index (χ1v) is 2.67. The van der Waals surface area contributed by atoms with Crippen LogP contribution in [0.2, 0.25) is 0 Å². The Bertz CT molecular complexity index is 227. The van der Waals surface area contributed by atoms with Gasteiger partial charge >= 0.3 is 0 Å². The van der Waals surface area contributed by atoms with Crippen molar-refractivity contribution >= 4 is 0 Å². The summed E-state index contributed by atoms with van der Waals surface area (Å²) in [6.45, 7) is 3.59. The van der Waals surface area contributed by atoms with Crippen LogP contribution in [-0.2, 0) is 6.42 Å². The van der Waals surface area contributed by atoms with Crippen LogP contribution in [0.1, 0.15) is 11.5 Å². The zero-order valence-corrected chi connectivity index (χ0v) is 5.05. The van der Waals surface area contributed by atoms with Crippen LogP contribution in [0.3, 0.4) is 0 Å². The molecular weight excluding hydrogens is 112 g/mol. The van der Waals surface area contributed by atoms with Gasteiger partial charge in [-0.1, -0.05) is 5.92 Å². The van der Waals surface area contributed by atoms with Crippen LogP contribution in [0.5, 0.6) is 0 Å². The van der Waals surface area contributed by atoms with Gasteiger partial charge in [-0.25, -0.2) is 0 Å². The van der Waals surface area contributed by atoms with E-state index in [-0.39, 0.29) is 0 Å². The van der Waals surface area contributed by atoms with Crippen LogP contribution in [0.4, 0.5) is 0 Å². The van der Waals surface area contributed by atoms with E-state index in [9.17, 15) is 0 Å². The Hall–Kier alpha value is -1.16. The van der Waals surface area contributed by atoms with Crippen molar-refractivity contribution in [2.24, 2.45) is 0 Å². The second-order valence-electron chi connectivity index (χ2n) is 1.75. The number of terminal acetylenes is 1. The number of hydrogen-bond acceptors (Lipinski definition) is 1. The van der Waals surface area contributed by atoms with E-state index < -0.39 is 0 Å². The Kier molecular flexibility index (Phi) is 1.60. The molecule has 1 radical (unpaired) electrons. The largest absolute Gasteiger partial charge is 0.465 e. The van der Waals surface area contributed by atoms with Crippen molar-refractivity contribution in [1.29, 1.82) is 0 Å². The average molecular weight is 119 g/mol. The molecule has 0 N–H and O–H groups in total. The molecule has 1 aromatic heterocycles. The molecule has 0 aromatic carbocycles. The Balaban J connectivity index is 2.76. The van der Waals surface area contributed by atoms with Gasteiger partial charge in [0.25, 0.3) is 0 Å². The molecule has 1 aromatic rings. The van der Waals surface area contributed by atoms with Gasteiger partial charge in [-0.05, 0) is 12.1 Å². The summed E-state index contributed by atoms with van der Waals surface area (Å²) in [5, 5.41) is 0. The fourth-order valence-corrected chi connectivity index (χ4v) is 0.618. The molecule has 0 amide bonds. The molecule has 1 heteroatoms. The smallest absolute Gasteiger partial charge is 0.116 e. The normalized spacial score (nSPS) is 8.89. The molecular formula is C8H7O. The van der Waals surface area contributed by atoms with E-state index in [4.69, 9.17) is 10.8 Å². The minimum absolute atomic E-state index is 0.551. The molecule has 1 nitrogen and oxygen atoms in total. The van der Waals surface area contributed by atoms with Crippen LogP contribution in [0.15, 0.2) is 16.5 Å². The van der Waals surface area contributed by atoms with Gasteiger partial charge in [0.15, 0.2) is 0 Å². The molecule has 9 heavy (non-hydrogen) atoms. The maximum Gasteiger partial charge on any atom is 0.116 e. The summed E-state index contributed by atoms with van der Waals surface area (Å²) in [5.74, 6) is 3.95. The first-order chi connectivity index (χ1) is 4.33. The maximum absolute atomic E-state index is 5.07. The third-order valence-corrected chi connectivity index (χ3v) is 0.994. The summed E-state index contributed by atoms with van der Waals surface area (Å²) in [4.78, 5) is 0. The first-order valence-electron chi connectivity index (χ1n) is 2.67. The van der Waals surface area contributed by atoms with Gasteiger partial charge in [0.1, 0.15) is 11.5 Å². The Morgan fingerprint density at radius 2 is 2.44 bits per heavy atom. The summed E-state index contributed by atoms with van der Waals surface area (Å²) in [6.07, 6.45) is 5.59. The highest BCUT2D eigenvalue weighted by atomic mass is 16.3. The van der Waals surface area contributed by atoms with Crippen molar-refractivity contribution < 1.29 is 4.42 Å². The molecule has 0 fully saturated rings. The van der Waals surface area contributed by atoms with Crippen LogP contribution in [-0.4, -0.2) is 0 Å². The van der Waals surface area contributed by atoms with E-state index in [1.165, 1.54) is 0 Å². The second-order valence-corrected chi connectivity index (χ2v) is 1.75. The lowest BCUT2D eigenvalue weighted by Gasteiger charge is -1.82. The van der Waals surface area contributed by atoms with Gasteiger partial charge in [0.2, 0.25) is 0 Å². The molecule has 0 aliphatic rings. The molecule has 0 unspecified atom stereocenters. The Labute approximate surface area is 54.7 Å². The lowest BCUT2D eigenvalue weighted by molar-refractivity contribution is 0.509. The number of hydrogen-bond donors (Lipinski definition) is 0. The minimum Gasteiger partial charge on any atom is -0.465 e. The van der Waals surface area contributed by atoms with Gasteiger partial charge in [0.05, 0.1) is 6.42 Å². The SMILES string of the molecule is C#CCc1ccc([CH2])o1. The van der Waals surface area contributed by atoms with E-state index in [0.29, 0.717) is 12.2 Å². The summed E-state index contributed by atoms with van der Waals surface area (Å²) in [6, 6.07) is 3.63. The molecule has 45 valence electrons. The van der Waals surface area contributed by atoms with Crippen LogP contribution >= 0.6 is 0 Å². The van der Waals surface area contributed by atoms with Gasteiger partial charge in [0, 0.05) is 6.92 Å². The van der Waals surface area contributed by atoms with Crippen LogP contribution < -0.4 is 0 Å². The zero-order chi connectivity index (χ0) is 6.69. The van der Waals surface area contributed by atoms with Crippen LogP contribution in [0, 0.1) is 19.3 Å². The molecule has 1 heterocycles. The lowest BCUT2D eigenvalue weighted by Crippen LogP contribution is -1.71. The molecule has 0 spiro atoms. The van der Waals surface area contributed by atoms with Crippen molar-refractivity contribution in [2.75, 3.05) is 0 Å². The van der Waals surface area contributed by atoms with Crippen molar-refractivity contribution in [3.8, 4) is 12.3 Å². The molecule has 0 aliphatic carbocycles. The zero-order valence-electron chi connectivity index (χ0n) is 5.05. The standard InChI is InChI=1S/C8H7O/c1-3-4-8-6-5-7(2)9-8/h1,5-6H,2,4H2. The fourth-order valence-electron chi connectivity index (χ4n) is 0.618. The topological polar surface area (TPSA) is 13.1 Å². The number of furan rings is 1. The summed E-state index contributed by atoms with van der Waals surface area (Å²) < 4.78 is 5.07. The third-order valence-electron chi connectivity index (χ3n) is 0.994. The predicted molar refractivity (Wildman–Crippen MR) is 35.7 cm³/mol. The molecule has 0 aliphatic heterocycles. The average Bonchev–Trinajstić information content (AvgIpc) is 2.17. The van der Waals surface area contributed by atoms with E-state index >= 15 is 0 Å². The molecule has 0 atom stereocenters. The van der Waals surface area contributed by atoms with Gasteiger partial charge in [-0.3, -0.25) is 0 Å². The second kappa shape index (κ2) is 2.41. The van der Waals surface area contributed by atoms with E-state index in [2.05, 4.69) is 12.8 Å². The molecule has 1 rings (SSSR count). The molecule has 0 saturated heterocycles. The van der Waals surface area contributed by atoms with Gasteiger partial charge in [-0.2, -0.15) is 0 Å². The highest BCUT2D eigenvalue weighted by molar-refractivity contribution is 5.13. The summed E-state index contributed by atoms with van der Waals surface area (Å²) >= 11 is 0. The predicted octanol–water partition coefficient (Wildman–Crippen LogP) is 1.64. The monoisotopic (exact) mass is 119 g/mol.